The lowest BCUT2D eigenvalue weighted by atomic mass is 10.0. The number of aromatic nitrogens is 1. The summed E-state index contributed by atoms with van der Waals surface area (Å²) in [6.45, 7) is 6.38. The van der Waals surface area contributed by atoms with Crippen molar-refractivity contribution in [2.45, 2.75) is 38.8 Å². The van der Waals surface area contributed by atoms with Gasteiger partial charge in [-0.1, -0.05) is 0 Å². The van der Waals surface area contributed by atoms with Crippen LogP contribution in [0.25, 0.3) is 10.6 Å². The highest BCUT2D eigenvalue weighted by atomic mass is 32.1. The number of thiazole rings is 1. The molecule has 23 heavy (non-hydrogen) atoms. The van der Waals surface area contributed by atoms with Crippen molar-refractivity contribution in [2.75, 3.05) is 6.61 Å². The van der Waals surface area contributed by atoms with Gasteiger partial charge in [-0.3, -0.25) is 4.79 Å². The van der Waals surface area contributed by atoms with Crippen molar-refractivity contribution in [2.24, 2.45) is 0 Å². The molecule has 0 aliphatic carbocycles. The Kier molecular flexibility index (Phi) is 4.21. The minimum absolute atomic E-state index is 0.0215. The molecule has 0 radical (unpaired) electrons. The average Bonchev–Trinajstić information content (AvgIpc) is 3.02. The number of nitrogens with zero attached hydrogens (tertiary/aromatic N) is 1. The molecule has 1 saturated heterocycles. The Labute approximate surface area is 138 Å². The number of hydrogen-bond donors (Lipinski definition) is 1. The number of carbonyl (C=O) groups is 1. The molecule has 1 aliphatic rings. The summed E-state index contributed by atoms with van der Waals surface area (Å²) >= 11 is 1.32. The van der Waals surface area contributed by atoms with Crippen molar-refractivity contribution in [3.8, 4) is 10.6 Å². The second kappa shape index (κ2) is 6.02. The first kappa shape index (κ1) is 16.1. The van der Waals surface area contributed by atoms with Crippen LogP contribution in [0.2, 0.25) is 0 Å². The van der Waals surface area contributed by atoms with Crippen molar-refractivity contribution in [1.29, 1.82) is 0 Å². The molecule has 4 nitrogen and oxygen atoms in total. The lowest BCUT2D eigenvalue weighted by Gasteiger charge is -2.15. The lowest BCUT2D eigenvalue weighted by molar-refractivity contribution is 0.0355. The van der Waals surface area contributed by atoms with Gasteiger partial charge in [-0.25, -0.2) is 9.37 Å². The van der Waals surface area contributed by atoms with Gasteiger partial charge in [0.05, 0.1) is 23.9 Å². The summed E-state index contributed by atoms with van der Waals surface area (Å²) in [5.74, 6) is -0.413. The predicted molar refractivity (Wildman–Crippen MR) is 88.1 cm³/mol. The van der Waals surface area contributed by atoms with Crippen molar-refractivity contribution < 1.29 is 13.9 Å². The SMILES string of the molecule is Cc1nc(-c2ccc(F)cc2)sc1C(=O)NC1COC(C)(C)C1. The minimum atomic E-state index is -0.288. The fourth-order valence-corrected chi connectivity index (χ4v) is 3.68. The molecule has 2 heterocycles. The summed E-state index contributed by atoms with van der Waals surface area (Å²) < 4.78 is 18.7. The van der Waals surface area contributed by atoms with Crippen molar-refractivity contribution >= 4 is 17.2 Å². The van der Waals surface area contributed by atoms with Crippen LogP contribution in [0.15, 0.2) is 24.3 Å². The van der Waals surface area contributed by atoms with E-state index in [4.69, 9.17) is 4.74 Å². The maximum atomic E-state index is 13.0. The Morgan fingerprint density at radius 2 is 2.09 bits per heavy atom. The maximum Gasteiger partial charge on any atom is 0.263 e. The first-order valence-electron chi connectivity index (χ1n) is 7.52. The third-order valence-corrected chi connectivity index (χ3v) is 5.05. The van der Waals surface area contributed by atoms with Gasteiger partial charge in [-0.2, -0.15) is 0 Å². The van der Waals surface area contributed by atoms with Crippen LogP contribution >= 0.6 is 11.3 Å². The molecule has 1 N–H and O–H groups in total. The summed E-state index contributed by atoms with van der Waals surface area (Å²) in [4.78, 5) is 17.5. The first-order valence-corrected chi connectivity index (χ1v) is 8.34. The standard InChI is InChI=1S/C17H19FN2O2S/c1-10-14(15(21)20-13-8-17(2,3)22-9-13)23-16(19-10)11-4-6-12(18)7-5-11/h4-7,13H,8-9H2,1-3H3,(H,20,21). The molecule has 0 saturated carbocycles. The third kappa shape index (κ3) is 3.59. The fourth-order valence-electron chi connectivity index (χ4n) is 2.70. The quantitative estimate of drug-likeness (QED) is 0.934. The van der Waals surface area contributed by atoms with Crippen LogP contribution in [-0.2, 0) is 4.74 Å². The molecule has 1 atom stereocenters. The summed E-state index contributed by atoms with van der Waals surface area (Å²) in [7, 11) is 0. The number of hydrogen-bond acceptors (Lipinski definition) is 4. The minimum Gasteiger partial charge on any atom is -0.373 e. The van der Waals surface area contributed by atoms with Crippen molar-refractivity contribution in [3.05, 3.63) is 40.7 Å². The van der Waals surface area contributed by atoms with E-state index >= 15 is 0 Å². The van der Waals surface area contributed by atoms with Gasteiger partial charge < -0.3 is 10.1 Å². The highest BCUT2D eigenvalue weighted by Crippen LogP contribution is 2.29. The Bertz CT molecular complexity index is 725. The highest BCUT2D eigenvalue weighted by Gasteiger charge is 2.33. The summed E-state index contributed by atoms with van der Waals surface area (Å²) in [6.07, 6.45) is 0.793. The van der Waals surface area contributed by atoms with Gasteiger partial charge >= 0.3 is 0 Å². The molecule has 1 aromatic heterocycles. The Hall–Kier alpha value is -1.79. The zero-order valence-electron chi connectivity index (χ0n) is 13.4. The number of amides is 1. The number of benzene rings is 1. The van der Waals surface area contributed by atoms with Gasteiger partial charge in [0.1, 0.15) is 15.7 Å². The number of aryl methyl sites for hydroxylation is 1. The molecule has 3 rings (SSSR count). The van der Waals surface area contributed by atoms with Crippen molar-refractivity contribution in [3.63, 3.8) is 0 Å². The number of halogens is 1. The normalized spacial score (nSPS) is 19.7. The summed E-state index contributed by atoms with van der Waals surface area (Å²) in [6, 6.07) is 6.15. The summed E-state index contributed by atoms with van der Waals surface area (Å²) in [5.41, 5.74) is 1.30. The van der Waals surface area contributed by atoms with Crippen LogP contribution in [0.4, 0.5) is 4.39 Å². The topological polar surface area (TPSA) is 51.2 Å². The van der Waals surface area contributed by atoms with Gasteiger partial charge in [0.15, 0.2) is 0 Å². The van der Waals surface area contributed by atoms with Gasteiger partial charge in [0, 0.05) is 5.56 Å². The number of carbonyl (C=O) groups excluding carboxylic acids is 1. The molecule has 0 bridgehead atoms. The molecule has 2 aromatic rings. The molecular formula is C17H19FN2O2S. The molecule has 1 aliphatic heterocycles. The second-order valence-corrected chi connectivity index (χ2v) is 7.38. The molecule has 0 spiro atoms. The van der Waals surface area contributed by atoms with Gasteiger partial charge in [-0.15, -0.1) is 11.3 Å². The Balaban J connectivity index is 1.75. The van der Waals surface area contributed by atoms with E-state index in [1.165, 1.54) is 23.5 Å². The second-order valence-electron chi connectivity index (χ2n) is 6.39. The third-order valence-electron chi connectivity index (χ3n) is 3.84. The molecule has 122 valence electrons. The zero-order valence-corrected chi connectivity index (χ0v) is 14.2. The van der Waals surface area contributed by atoms with E-state index in [-0.39, 0.29) is 23.4 Å². The van der Waals surface area contributed by atoms with E-state index in [0.717, 1.165) is 17.0 Å². The molecule has 1 amide bonds. The van der Waals surface area contributed by atoms with E-state index in [1.54, 1.807) is 12.1 Å². The van der Waals surface area contributed by atoms with Gasteiger partial charge in [0.25, 0.3) is 5.91 Å². The largest absolute Gasteiger partial charge is 0.373 e. The molecular weight excluding hydrogens is 315 g/mol. The van der Waals surface area contributed by atoms with Crippen LogP contribution in [0.3, 0.4) is 0 Å². The number of nitrogens with one attached hydrogen (secondary N) is 1. The molecule has 6 heteroatoms. The Morgan fingerprint density at radius 3 is 2.70 bits per heavy atom. The fraction of sp³-hybridized carbons (Fsp3) is 0.412. The number of rotatable bonds is 3. The zero-order chi connectivity index (χ0) is 16.6. The van der Waals surface area contributed by atoms with E-state index in [2.05, 4.69) is 10.3 Å². The summed E-state index contributed by atoms with van der Waals surface area (Å²) in [5, 5.41) is 3.73. The van der Waals surface area contributed by atoms with Crippen LogP contribution in [0.1, 0.15) is 35.6 Å². The predicted octanol–water partition coefficient (Wildman–Crippen LogP) is 3.55. The molecule has 1 aromatic carbocycles. The van der Waals surface area contributed by atoms with E-state index in [0.29, 0.717) is 17.2 Å². The average molecular weight is 334 g/mol. The van der Waals surface area contributed by atoms with Crippen molar-refractivity contribution in [1.82, 2.24) is 10.3 Å². The first-order chi connectivity index (χ1) is 10.8. The van der Waals surface area contributed by atoms with Crippen LogP contribution in [0, 0.1) is 12.7 Å². The van der Waals surface area contributed by atoms with Crippen LogP contribution < -0.4 is 5.32 Å². The van der Waals surface area contributed by atoms with E-state index in [1.807, 2.05) is 20.8 Å². The van der Waals surface area contributed by atoms with E-state index in [9.17, 15) is 9.18 Å². The van der Waals surface area contributed by atoms with E-state index < -0.39 is 0 Å². The highest BCUT2D eigenvalue weighted by molar-refractivity contribution is 7.17. The van der Waals surface area contributed by atoms with Gasteiger partial charge in [-0.05, 0) is 51.5 Å². The molecule has 1 fully saturated rings. The van der Waals surface area contributed by atoms with Gasteiger partial charge in [0.2, 0.25) is 0 Å². The van der Waals surface area contributed by atoms with Crippen LogP contribution in [-0.4, -0.2) is 29.1 Å². The monoisotopic (exact) mass is 334 g/mol. The smallest absolute Gasteiger partial charge is 0.263 e. The number of ether oxygens (including phenoxy) is 1. The Morgan fingerprint density at radius 1 is 1.39 bits per heavy atom. The molecule has 1 unspecified atom stereocenters. The van der Waals surface area contributed by atoms with Crippen LogP contribution in [0.5, 0.6) is 0 Å². The lowest BCUT2D eigenvalue weighted by Crippen LogP contribution is -2.35. The maximum absolute atomic E-state index is 13.0.